The molecule has 0 bridgehead atoms. The number of hydrogen-bond acceptors (Lipinski definition) is 4. The quantitative estimate of drug-likeness (QED) is 0.0638. The minimum Gasteiger partial charge on any atom is -0.550 e. The molecule has 0 aromatic heterocycles. The first-order valence-electron chi connectivity index (χ1n) is 15.4. The number of nitrogens with zero attached hydrogens (tertiary/aromatic N) is 1. The van der Waals surface area contributed by atoms with Gasteiger partial charge in [0.2, 0.25) is 0 Å². The molecular formula is C31H57NO6. The lowest BCUT2D eigenvalue weighted by Crippen LogP contribution is -2.50. The fourth-order valence-electron chi connectivity index (χ4n) is 5.12. The zero-order valence-corrected chi connectivity index (χ0v) is 24.3. The SMILES string of the molecule is CCCCCCCCCCCCC/C=C/C[N+](CCCCC(=O)[O-])(CCCCC(=O)O)CCCCC(=O)O. The van der Waals surface area contributed by atoms with E-state index >= 15 is 0 Å². The van der Waals surface area contributed by atoms with Crippen molar-refractivity contribution in [3.05, 3.63) is 12.2 Å². The average molecular weight is 540 g/mol. The summed E-state index contributed by atoms with van der Waals surface area (Å²) in [5, 5.41) is 28.9. The second kappa shape index (κ2) is 25.4. The molecule has 2 N–H and O–H groups in total. The van der Waals surface area contributed by atoms with Gasteiger partial charge in [0.05, 0.1) is 26.2 Å². The van der Waals surface area contributed by atoms with E-state index < -0.39 is 17.9 Å². The molecule has 0 aliphatic rings. The summed E-state index contributed by atoms with van der Waals surface area (Å²) in [6.45, 7) is 5.55. The molecule has 7 heteroatoms. The first kappa shape index (κ1) is 36.1. The zero-order valence-electron chi connectivity index (χ0n) is 24.3. The molecule has 0 aromatic rings. The Morgan fingerprint density at radius 2 is 1.00 bits per heavy atom. The largest absolute Gasteiger partial charge is 0.550 e. The molecule has 0 amide bonds. The van der Waals surface area contributed by atoms with Gasteiger partial charge in [0.15, 0.2) is 0 Å². The summed E-state index contributed by atoms with van der Waals surface area (Å²) in [4.78, 5) is 32.8. The van der Waals surface area contributed by atoms with E-state index in [1.807, 2.05) is 0 Å². The van der Waals surface area contributed by atoms with Gasteiger partial charge in [-0.15, -0.1) is 0 Å². The molecule has 0 heterocycles. The molecule has 0 saturated heterocycles. The smallest absolute Gasteiger partial charge is 0.303 e. The summed E-state index contributed by atoms with van der Waals surface area (Å²) in [6, 6.07) is 0. The van der Waals surface area contributed by atoms with Gasteiger partial charge in [-0.2, -0.15) is 0 Å². The number of rotatable bonds is 29. The number of carbonyl (C=O) groups is 3. The zero-order chi connectivity index (χ0) is 28.3. The highest BCUT2D eigenvalue weighted by atomic mass is 16.4. The highest BCUT2D eigenvalue weighted by Crippen LogP contribution is 2.18. The molecule has 38 heavy (non-hydrogen) atoms. The molecule has 0 spiro atoms. The molecular weight excluding hydrogens is 482 g/mol. The summed E-state index contributed by atoms with van der Waals surface area (Å²) in [5.74, 6) is -2.60. The Morgan fingerprint density at radius 1 is 0.579 bits per heavy atom. The van der Waals surface area contributed by atoms with Crippen molar-refractivity contribution in [2.75, 3.05) is 26.2 Å². The minimum atomic E-state index is -1.03. The van der Waals surface area contributed by atoms with Crippen molar-refractivity contribution in [2.24, 2.45) is 0 Å². The van der Waals surface area contributed by atoms with E-state index in [-0.39, 0.29) is 19.3 Å². The van der Waals surface area contributed by atoms with Crippen LogP contribution in [0.2, 0.25) is 0 Å². The van der Waals surface area contributed by atoms with Gasteiger partial charge in [0, 0.05) is 18.8 Å². The second-order valence-electron chi connectivity index (χ2n) is 11.0. The molecule has 0 unspecified atom stereocenters. The molecule has 0 aliphatic carbocycles. The summed E-state index contributed by atoms with van der Waals surface area (Å²) in [5.41, 5.74) is 0. The van der Waals surface area contributed by atoms with Gasteiger partial charge in [0.1, 0.15) is 0 Å². The van der Waals surface area contributed by atoms with Crippen LogP contribution in [0, 0.1) is 0 Å². The van der Waals surface area contributed by atoms with E-state index in [1.165, 1.54) is 70.6 Å². The van der Waals surface area contributed by atoms with Crippen LogP contribution in [0.4, 0.5) is 0 Å². The van der Waals surface area contributed by atoms with Crippen LogP contribution in [-0.4, -0.2) is 58.8 Å². The van der Waals surface area contributed by atoms with Crippen molar-refractivity contribution in [1.82, 2.24) is 0 Å². The van der Waals surface area contributed by atoms with Gasteiger partial charge in [-0.1, -0.05) is 77.2 Å². The maximum atomic E-state index is 11.0. The van der Waals surface area contributed by atoms with Crippen molar-refractivity contribution in [1.29, 1.82) is 0 Å². The van der Waals surface area contributed by atoms with Crippen molar-refractivity contribution in [2.45, 2.75) is 142 Å². The van der Waals surface area contributed by atoms with Crippen LogP contribution >= 0.6 is 0 Å². The predicted molar refractivity (Wildman–Crippen MR) is 152 cm³/mol. The molecule has 0 rings (SSSR count). The number of unbranched alkanes of at least 4 members (excludes halogenated alkanes) is 14. The van der Waals surface area contributed by atoms with Gasteiger partial charge in [0.25, 0.3) is 0 Å². The van der Waals surface area contributed by atoms with E-state index in [2.05, 4.69) is 19.1 Å². The fourth-order valence-corrected chi connectivity index (χ4v) is 5.12. The van der Waals surface area contributed by atoms with Crippen molar-refractivity contribution < 1.29 is 34.2 Å². The minimum absolute atomic E-state index is 0.0483. The third-order valence-corrected chi connectivity index (χ3v) is 7.44. The van der Waals surface area contributed by atoms with Crippen LogP contribution in [0.3, 0.4) is 0 Å². The standard InChI is InChI=1S/C31H57NO6/c1-2-3-4-5-6-7-8-9-10-11-12-13-14-18-25-32(26-19-15-22-29(33)34,27-20-16-23-30(35)36)28-21-17-24-31(37)38/h14,18H,2-13,15-17,19-28H2,1H3,(H2-,33,34,35,36,37,38)/b18-14+. The highest BCUT2D eigenvalue weighted by Gasteiger charge is 2.25. The van der Waals surface area contributed by atoms with Crippen LogP contribution in [0.15, 0.2) is 12.2 Å². The monoisotopic (exact) mass is 539 g/mol. The number of hydrogen-bond donors (Lipinski definition) is 2. The number of aliphatic carboxylic acids is 3. The number of carbonyl (C=O) groups excluding carboxylic acids is 1. The number of carboxylic acids is 3. The van der Waals surface area contributed by atoms with Crippen molar-refractivity contribution in [3.8, 4) is 0 Å². The first-order valence-corrected chi connectivity index (χ1v) is 15.4. The van der Waals surface area contributed by atoms with Gasteiger partial charge >= 0.3 is 11.9 Å². The molecule has 0 radical (unpaired) electrons. The van der Waals surface area contributed by atoms with Crippen molar-refractivity contribution in [3.63, 3.8) is 0 Å². The third kappa shape index (κ3) is 24.4. The second-order valence-corrected chi connectivity index (χ2v) is 11.0. The maximum absolute atomic E-state index is 11.0. The van der Waals surface area contributed by atoms with Crippen LogP contribution < -0.4 is 5.11 Å². The van der Waals surface area contributed by atoms with Gasteiger partial charge in [-0.05, 0) is 63.9 Å². The number of carboxylic acid groups (broad SMARTS) is 3. The van der Waals surface area contributed by atoms with Gasteiger partial charge in [-0.3, -0.25) is 9.59 Å². The maximum Gasteiger partial charge on any atom is 0.303 e. The highest BCUT2D eigenvalue weighted by molar-refractivity contribution is 5.66. The van der Waals surface area contributed by atoms with Gasteiger partial charge < -0.3 is 24.6 Å². The van der Waals surface area contributed by atoms with E-state index in [0.29, 0.717) is 19.3 Å². The Labute approximate surface area is 232 Å². The molecule has 0 atom stereocenters. The first-order chi connectivity index (χ1) is 18.3. The molecule has 222 valence electrons. The van der Waals surface area contributed by atoms with Crippen LogP contribution in [0.5, 0.6) is 0 Å². The molecule has 0 saturated carbocycles. The fraction of sp³-hybridized carbons (Fsp3) is 0.839. The van der Waals surface area contributed by atoms with Crippen LogP contribution in [-0.2, 0) is 14.4 Å². The number of quaternary nitrogens is 1. The third-order valence-electron chi connectivity index (χ3n) is 7.44. The van der Waals surface area contributed by atoms with Crippen molar-refractivity contribution >= 4 is 17.9 Å². The van der Waals surface area contributed by atoms with E-state index in [0.717, 1.165) is 56.3 Å². The lowest BCUT2D eigenvalue weighted by atomic mass is 10.1. The summed E-state index contributed by atoms with van der Waals surface area (Å²) >= 11 is 0. The lowest BCUT2D eigenvalue weighted by molar-refractivity contribution is -0.923. The predicted octanol–water partition coefficient (Wildman–Crippen LogP) is 6.49. The number of allylic oxidation sites excluding steroid dienone is 1. The van der Waals surface area contributed by atoms with E-state index in [4.69, 9.17) is 10.2 Å². The summed E-state index contributed by atoms with van der Waals surface area (Å²) in [6.07, 6.45) is 24.7. The molecule has 0 aromatic carbocycles. The Kier molecular flexibility index (Phi) is 24.1. The Balaban J connectivity index is 4.63. The molecule has 0 aliphatic heterocycles. The van der Waals surface area contributed by atoms with Crippen LogP contribution in [0.1, 0.15) is 142 Å². The molecule has 0 fully saturated rings. The topological polar surface area (TPSA) is 115 Å². The normalized spacial score (nSPS) is 11.8. The van der Waals surface area contributed by atoms with E-state index in [9.17, 15) is 19.5 Å². The van der Waals surface area contributed by atoms with E-state index in [1.54, 1.807) is 0 Å². The Hall–Kier alpha value is -1.89. The van der Waals surface area contributed by atoms with Crippen LogP contribution in [0.25, 0.3) is 0 Å². The summed E-state index contributed by atoms with van der Waals surface area (Å²) in [7, 11) is 0. The molecule has 7 nitrogen and oxygen atoms in total. The summed E-state index contributed by atoms with van der Waals surface area (Å²) < 4.78 is 0.765. The Morgan fingerprint density at radius 3 is 1.42 bits per heavy atom. The Bertz CT molecular complexity index is 579. The van der Waals surface area contributed by atoms with Gasteiger partial charge in [-0.25, -0.2) is 0 Å². The average Bonchev–Trinajstić information content (AvgIpc) is 2.87. The lowest BCUT2D eigenvalue weighted by Gasteiger charge is -2.38.